The van der Waals surface area contributed by atoms with Crippen molar-refractivity contribution in [2.75, 3.05) is 11.1 Å². The van der Waals surface area contributed by atoms with Crippen LogP contribution < -0.4 is 5.32 Å². The van der Waals surface area contributed by atoms with Crippen LogP contribution in [0.4, 0.5) is 5.69 Å². The first kappa shape index (κ1) is 15.5. The van der Waals surface area contributed by atoms with Gasteiger partial charge in [-0.25, -0.2) is 9.97 Å². The maximum atomic E-state index is 12.4. The molecule has 0 saturated heterocycles. The van der Waals surface area contributed by atoms with Crippen LogP contribution in [0.25, 0.3) is 0 Å². The largest absolute Gasteiger partial charge is 0.317 e. The predicted octanol–water partition coefficient (Wildman–Crippen LogP) is 2.50. The molecule has 0 aliphatic heterocycles. The van der Waals surface area contributed by atoms with Gasteiger partial charge < -0.3 is 5.32 Å². The van der Waals surface area contributed by atoms with Crippen molar-refractivity contribution >= 4 is 23.4 Å². The molecular formula is C14H19N5OS. The van der Waals surface area contributed by atoms with Crippen molar-refractivity contribution < 1.29 is 4.79 Å². The minimum atomic E-state index is -0.238. The van der Waals surface area contributed by atoms with E-state index in [1.54, 1.807) is 10.7 Å². The van der Waals surface area contributed by atoms with E-state index in [-0.39, 0.29) is 5.91 Å². The number of anilines is 1. The second kappa shape index (κ2) is 6.26. The van der Waals surface area contributed by atoms with E-state index < -0.39 is 0 Å². The zero-order valence-corrected chi connectivity index (χ0v) is 13.7. The van der Waals surface area contributed by atoms with Crippen molar-refractivity contribution in [1.82, 2.24) is 19.7 Å². The van der Waals surface area contributed by atoms with Crippen LogP contribution in [-0.2, 0) is 7.05 Å². The van der Waals surface area contributed by atoms with Crippen LogP contribution in [-0.4, -0.2) is 31.4 Å². The van der Waals surface area contributed by atoms with E-state index >= 15 is 0 Å². The van der Waals surface area contributed by atoms with Gasteiger partial charge in [0.2, 0.25) is 0 Å². The third-order valence-electron chi connectivity index (χ3n) is 3.09. The Morgan fingerprint density at radius 1 is 1.33 bits per heavy atom. The minimum Gasteiger partial charge on any atom is -0.317 e. The zero-order valence-electron chi connectivity index (χ0n) is 12.9. The number of hydrogen-bond acceptors (Lipinski definition) is 5. The molecule has 0 radical (unpaired) electrons. The summed E-state index contributed by atoms with van der Waals surface area (Å²) < 4.78 is 1.74. The first-order valence-corrected chi connectivity index (χ1v) is 7.71. The highest BCUT2D eigenvalue weighted by molar-refractivity contribution is 7.99. The Morgan fingerprint density at radius 3 is 2.62 bits per heavy atom. The number of aromatic nitrogens is 4. The molecule has 0 fully saturated rings. The van der Waals surface area contributed by atoms with Crippen molar-refractivity contribution in [3.8, 4) is 0 Å². The molecule has 0 aromatic carbocycles. The highest BCUT2D eigenvalue weighted by atomic mass is 32.2. The lowest BCUT2D eigenvalue weighted by molar-refractivity contribution is 0.102. The number of rotatable bonds is 4. The summed E-state index contributed by atoms with van der Waals surface area (Å²) in [5.41, 5.74) is 3.60. The third kappa shape index (κ3) is 3.41. The van der Waals surface area contributed by atoms with Crippen LogP contribution in [0.15, 0.2) is 11.2 Å². The molecule has 0 unspecified atom stereocenters. The summed E-state index contributed by atoms with van der Waals surface area (Å²) in [4.78, 5) is 21.0. The van der Waals surface area contributed by atoms with Crippen LogP contribution in [0.1, 0.15) is 34.5 Å². The molecule has 2 rings (SSSR count). The molecule has 112 valence electrons. The second-order valence-corrected chi connectivity index (χ2v) is 5.96. The van der Waals surface area contributed by atoms with Gasteiger partial charge in [0, 0.05) is 12.7 Å². The Labute approximate surface area is 128 Å². The average molecular weight is 305 g/mol. The van der Waals surface area contributed by atoms with Gasteiger partial charge in [-0.05, 0) is 32.6 Å². The van der Waals surface area contributed by atoms with Gasteiger partial charge in [-0.3, -0.25) is 9.48 Å². The van der Waals surface area contributed by atoms with Gasteiger partial charge >= 0.3 is 0 Å². The summed E-state index contributed by atoms with van der Waals surface area (Å²) in [5, 5.41) is 7.80. The summed E-state index contributed by atoms with van der Waals surface area (Å²) >= 11 is 1.52. The normalized spacial score (nSPS) is 10.7. The molecule has 2 heterocycles. The van der Waals surface area contributed by atoms with Crippen LogP contribution in [0.5, 0.6) is 0 Å². The lowest BCUT2D eigenvalue weighted by Gasteiger charge is -2.07. The Hall–Kier alpha value is -1.89. The van der Waals surface area contributed by atoms with Gasteiger partial charge in [0.1, 0.15) is 5.69 Å². The fourth-order valence-corrected chi connectivity index (χ4v) is 2.61. The van der Waals surface area contributed by atoms with Crippen molar-refractivity contribution in [3.63, 3.8) is 0 Å². The third-order valence-corrected chi connectivity index (χ3v) is 3.82. The molecule has 1 N–H and O–H groups in total. The average Bonchev–Trinajstić information content (AvgIpc) is 2.65. The Bertz CT molecular complexity index is 680. The molecule has 2 aromatic heterocycles. The van der Waals surface area contributed by atoms with Gasteiger partial charge in [0.05, 0.1) is 17.1 Å². The molecule has 0 saturated carbocycles. The number of aryl methyl sites for hydroxylation is 3. The van der Waals surface area contributed by atoms with Crippen molar-refractivity contribution in [2.24, 2.45) is 7.05 Å². The summed E-state index contributed by atoms with van der Waals surface area (Å²) in [6, 6.07) is 1.69. The van der Waals surface area contributed by atoms with Crippen molar-refractivity contribution in [3.05, 3.63) is 28.8 Å². The maximum absolute atomic E-state index is 12.4. The standard InChI is InChI=1S/C14H19N5OS/c1-6-21-14-15-8(2)7-11(16-14)13(20)17-12-9(3)18-19(5)10(12)4/h7H,6H2,1-5H3,(H,17,20). The number of thioether (sulfide) groups is 1. The van der Waals surface area contributed by atoms with E-state index in [1.165, 1.54) is 11.8 Å². The molecule has 7 heteroatoms. The lowest BCUT2D eigenvalue weighted by atomic mass is 10.2. The number of carbonyl (C=O) groups excluding carboxylic acids is 1. The first-order chi connectivity index (χ1) is 9.92. The Morgan fingerprint density at radius 2 is 2.05 bits per heavy atom. The quantitative estimate of drug-likeness (QED) is 0.694. The van der Waals surface area contributed by atoms with E-state index in [0.29, 0.717) is 10.9 Å². The van der Waals surface area contributed by atoms with Gasteiger partial charge in [-0.1, -0.05) is 18.7 Å². The van der Waals surface area contributed by atoms with Crippen LogP contribution in [0.2, 0.25) is 0 Å². The van der Waals surface area contributed by atoms with E-state index in [9.17, 15) is 4.79 Å². The number of carbonyl (C=O) groups is 1. The molecule has 1 amide bonds. The van der Waals surface area contributed by atoms with Gasteiger partial charge in [-0.15, -0.1) is 0 Å². The monoisotopic (exact) mass is 305 g/mol. The van der Waals surface area contributed by atoms with Gasteiger partial charge in [-0.2, -0.15) is 5.10 Å². The maximum Gasteiger partial charge on any atom is 0.274 e. The summed E-state index contributed by atoms with van der Waals surface area (Å²) in [7, 11) is 1.85. The molecule has 0 aliphatic carbocycles. The smallest absolute Gasteiger partial charge is 0.274 e. The van der Waals surface area contributed by atoms with Crippen LogP contribution in [0.3, 0.4) is 0 Å². The fraction of sp³-hybridized carbons (Fsp3) is 0.429. The molecule has 0 aliphatic rings. The molecule has 0 atom stereocenters. The number of hydrogen-bond donors (Lipinski definition) is 1. The molecule has 0 bridgehead atoms. The first-order valence-electron chi connectivity index (χ1n) is 6.72. The summed E-state index contributed by atoms with van der Waals surface area (Å²) in [6.07, 6.45) is 0. The van der Waals surface area contributed by atoms with E-state index in [2.05, 4.69) is 20.4 Å². The number of amides is 1. The van der Waals surface area contributed by atoms with E-state index in [4.69, 9.17) is 0 Å². The summed E-state index contributed by atoms with van der Waals surface area (Å²) in [5.74, 6) is 0.628. The van der Waals surface area contributed by atoms with Crippen molar-refractivity contribution in [2.45, 2.75) is 32.9 Å². The van der Waals surface area contributed by atoms with E-state index in [1.807, 2.05) is 34.7 Å². The second-order valence-electron chi connectivity index (χ2n) is 4.73. The topological polar surface area (TPSA) is 72.7 Å². The van der Waals surface area contributed by atoms with Crippen LogP contribution >= 0.6 is 11.8 Å². The van der Waals surface area contributed by atoms with Crippen molar-refractivity contribution in [1.29, 1.82) is 0 Å². The van der Waals surface area contributed by atoms with E-state index in [0.717, 1.165) is 28.5 Å². The molecular weight excluding hydrogens is 286 g/mol. The minimum absolute atomic E-state index is 0.238. The molecule has 21 heavy (non-hydrogen) atoms. The zero-order chi connectivity index (χ0) is 15.6. The molecule has 2 aromatic rings. The fourth-order valence-electron chi connectivity index (χ4n) is 1.98. The predicted molar refractivity (Wildman–Crippen MR) is 83.8 cm³/mol. The van der Waals surface area contributed by atoms with Crippen LogP contribution in [0, 0.1) is 20.8 Å². The lowest BCUT2D eigenvalue weighted by Crippen LogP contribution is -2.16. The van der Waals surface area contributed by atoms with Gasteiger partial charge in [0.15, 0.2) is 5.16 Å². The molecule has 6 nitrogen and oxygen atoms in total. The molecule has 0 spiro atoms. The highest BCUT2D eigenvalue weighted by Crippen LogP contribution is 2.20. The Balaban J connectivity index is 2.28. The SMILES string of the molecule is CCSc1nc(C)cc(C(=O)Nc2c(C)nn(C)c2C)n1. The highest BCUT2D eigenvalue weighted by Gasteiger charge is 2.16. The number of nitrogens with zero attached hydrogens (tertiary/aromatic N) is 4. The summed E-state index contributed by atoms with van der Waals surface area (Å²) in [6.45, 7) is 7.67. The Kier molecular flexibility index (Phi) is 4.62. The number of nitrogens with one attached hydrogen (secondary N) is 1. The van der Waals surface area contributed by atoms with Gasteiger partial charge in [0.25, 0.3) is 5.91 Å².